The van der Waals surface area contributed by atoms with Crippen LogP contribution in [-0.4, -0.2) is 59.7 Å². The number of halogens is 2. The van der Waals surface area contributed by atoms with Crippen molar-refractivity contribution < 1.29 is 19.4 Å². The first-order valence-electron chi connectivity index (χ1n) is 6.20. The molecule has 1 aromatic rings. The Kier molecular flexibility index (Phi) is 4.92. The van der Waals surface area contributed by atoms with Gasteiger partial charge in [-0.2, -0.15) is 0 Å². The number of amides is 3. The molecule has 1 N–H and O–H groups in total. The molecule has 1 atom stereocenters. The number of rotatable bonds is 5. The number of ether oxygens (including phenoxy) is 1. The maximum atomic E-state index is 11.7. The lowest BCUT2D eigenvalue weighted by molar-refractivity contribution is -0.126. The van der Waals surface area contributed by atoms with E-state index in [1.807, 2.05) is 0 Å². The summed E-state index contributed by atoms with van der Waals surface area (Å²) in [4.78, 5) is 25.5. The van der Waals surface area contributed by atoms with Gasteiger partial charge in [0.05, 0.1) is 11.6 Å². The molecule has 0 aliphatic carbocycles. The lowest BCUT2D eigenvalue weighted by atomic mass is 10.3. The van der Waals surface area contributed by atoms with Crippen molar-refractivity contribution in [2.75, 3.05) is 26.7 Å². The van der Waals surface area contributed by atoms with Crippen LogP contribution in [0.5, 0.6) is 5.75 Å². The number of carbonyl (C=O) groups is 2. The summed E-state index contributed by atoms with van der Waals surface area (Å²) in [7, 11) is 1.52. The maximum Gasteiger partial charge on any atom is 0.327 e. The van der Waals surface area contributed by atoms with Crippen molar-refractivity contribution in [2.45, 2.75) is 6.10 Å². The highest BCUT2D eigenvalue weighted by Crippen LogP contribution is 2.27. The van der Waals surface area contributed by atoms with Gasteiger partial charge in [0.1, 0.15) is 25.0 Å². The summed E-state index contributed by atoms with van der Waals surface area (Å²) >= 11 is 11.7. The van der Waals surface area contributed by atoms with Gasteiger partial charge in [-0.3, -0.25) is 9.69 Å². The molecular weight excluding hydrogens is 319 g/mol. The predicted octanol–water partition coefficient (Wildman–Crippen LogP) is 1.63. The molecule has 0 spiro atoms. The summed E-state index contributed by atoms with van der Waals surface area (Å²) in [5, 5.41) is 10.7. The highest BCUT2D eigenvalue weighted by molar-refractivity contribution is 6.35. The largest absolute Gasteiger partial charge is 0.489 e. The van der Waals surface area contributed by atoms with Crippen LogP contribution in [-0.2, 0) is 4.79 Å². The van der Waals surface area contributed by atoms with Crippen molar-refractivity contribution in [3.8, 4) is 5.75 Å². The smallest absolute Gasteiger partial charge is 0.327 e. The summed E-state index contributed by atoms with van der Waals surface area (Å²) < 4.78 is 5.36. The molecule has 6 nitrogen and oxygen atoms in total. The minimum atomic E-state index is -1.00. The predicted molar refractivity (Wildman–Crippen MR) is 77.7 cm³/mol. The third-order valence-electron chi connectivity index (χ3n) is 2.95. The van der Waals surface area contributed by atoms with E-state index in [4.69, 9.17) is 27.9 Å². The first kappa shape index (κ1) is 15.9. The number of imide groups is 1. The van der Waals surface area contributed by atoms with E-state index in [-0.39, 0.29) is 25.6 Å². The number of aliphatic hydroxyl groups excluding tert-OH is 1. The quantitative estimate of drug-likeness (QED) is 0.832. The van der Waals surface area contributed by atoms with Gasteiger partial charge in [-0.05, 0) is 18.2 Å². The molecule has 1 unspecified atom stereocenters. The molecule has 114 valence electrons. The van der Waals surface area contributed by atoms with Gasteiger partial charge < -0.3 is 14.7 Å². The fraction of sp³-hybridized carbons (Fsp3) is 0.385. The number of β-amino-alcohol motifs (C(OH)–C–C–N with tert-alkyl or cyclic N) is 1. The van der Waals surface area contributed by atoms with Gasteiger partial charge in [-0.25, -0.2) is 4.79 Å². The highest BCUT2D eigenvalue weighted by atomic mass is 35.5. The van der Waals surface area contributed by atoms with E-state index in [1.54, 1.807) is 12.1 Å². The second kappa shape index (κ2) is 6.51. The van der Waals surface area contributed by atoms with E-state index < -0.39 is 12.1 Å². The summed E-state index contributed by atoms with van der Waals surface area (Å²) in [6.45, 7) is -0.190. The molecule has 3 amide bonds. The average molecular weight is 333 g/mol. The molecule has 1 aliphatic rings. The zero-order chi connectivity index (χ0) is 15.6. The summed E-state index contributed by atoms with van der Waals surface area (Å²) in [5.74, 6) is 0.0300. The molecule has 1 heterocycles. The van der Waals surface area contributed by atoms with E-state index in [1.165, 1.54) is 18.0 Å². The van der Waals surface area contributed by atoms with Crippen LogP contribution in [0.3, 0.4) is 0 Å². The Labute approximate surface area is 131 Å². The van der Waals surface area contributed by atoms with Crippen LogP contribution >= 0.6 is 23.2 Å². The lowest BCUT2D eigenvalue weighted by Crippen LogP contribution is -2.40. The number of urea groups is 1. The standard InChI is InChI=1S/C13H14Cl2N2O4/c1-16-6-12(19)17(13(16)20)5-9(18)7-21-11-3-2-8(14)4-10(11)15/h2-4,9,18H,5-7H2,1H3. The molecule has 1 saturated heterocycles. The van der Waals surface area contributed by atoms with Crippen molar-refractivity contribution in [2.24, 2.45) is 0 Å². The fourth-order valence-corrected chi connectivity index (χ4v) is 2.35. The van der Waals surface area contributed by atoms with Crippen LogP contribution in [0.2, 0.25) is 10.0 Å². The number of likely N-dealkylation sites (N-methyl/N-ethyl adjacent to an activating group) is 1. The minimum absolute atomic E-state index is 0.0232. The summed E-state index contributed by atoms with van der Waals surface area (Å²) in [6.07, 6.45) is -1.00. The van der Waals surface area contributed by atoms with Crippen LogP contribution in [0, 0.1) is 0 Å². The van der Waals surface area contributed by atoms with Crippen LogP contribution < -0.4 is 4.74 Å². The summed E-state index contributed by atoms with van der Waals surface area (Å²) in [6, 6.07) is 4.28. The van der Waals surface area contributed by atoms with E-state index in [9.17, 15) is 14.7 Å². The van der Waals surface area contributed by atoms with Gasteiger partial charge in [-0.1, -0.05) is 23.2 Å². The number of hydrogen-bond donors (Lipinski definition) is 1. The van der Waals surface area contributed by atoms with Crippen LogP contribution in [0.25, 0.3) is 0 Å². The maximum absolute atomic E-state index is 11.7. The van der Waals surface area contributed by atoms with Crippen molar-refractivity contribution in [3.05, 3.63) is 28.2 Å². The van der Waals surface area contributed by atoms with Gasteiger partial charge in [0.2, 0.25) is 5.91 Å². The molecule has 2 rings (SSSR count). The summed E-state index contributed by atoms with van der Waals surface area (Å²) in [5.41, 5.74) is 0. The molecule has 0 radical (unpaired) electrons. The Hall–Kier alpha value is -1.50. The third-order valence-corrected chi connectivity index (χ3v) is 3.48. The Morgan fingerprint density at radius 1 is 1.38 bits per heavy atom. The van der Waals surface area contributed by atoms with Crippen molar-refractivity contribution >= 4 is 35.1 Å². The highest BCUT2D eigenvalue weighted by Gasteiger charge is 2.34. The second-order valence-electron chi connectivity index (χ2n) is 4.68. The Bertz CT molecular complexity index is 567. The third kappa shape index (κ3) is 3.78. The van der Waals surface area contributed by atoms with Gasteiger partial charge in [-0.15, -0.1) is 0 Å². The van der Waals surface area contributed by atoms with E-state index in [2.05, 4.69) is 0 Å². The molecular formula is C13H14Cl2N2O4. The molecule has 0 bridgehead atoms. The van der Waals surface area contributed by atoms with Gasteiger partial charge in [0.15, 0.2) is 0 Å². The second-order valence-corrected chi connectivity index (χ2v) is 5.53. The van der Waals surface area contributed by atoms with Gasteiger partial charge >= 0.3 is 6.03 Å². The molecule has 21 heavy (non-hydrogen) atoms. The monoisotopic (exact) mass is 332 g/mol. The zero-order valence-electron chi connectivity index (χ0n) is 11.3. The fourth-order valence-electron chi connectivity index (χ4n) is 1.89. The van der Waals surface area contributed by atoms with Crippen LogP contribution in [0.15, 0.2) is 18.2 Å². The Morgan fingerprint density at radius 2 is 2.10 bits per heavy atom. The number of carbonyl (C=O) groups excluding carboxylic acids is 2. The Morgan fingerprint density at radius 3 is 2.67 bits per heavy atom. The molecule has 1 aromatic carbocycles. The first-order chi connectivity index (χ1) is 9.88. The number of aliphatic hydroxyl groups is 1. The van der Waals surface area contributed by atoms with Crippen molar-refractivity contribution in [1.82, 2.24) is 9.80 Å². The number of nitrogens with zero attached hydrogens (tertiary/aromatic N) is 2. The SMILES string of the molecule is CN1CC(=O)N(CC(O)COc2ccc(Cl)cc2Cl)C1=O. The first-order valence-corrected chi connectivity index (χ1v) is 6.95. The lowest BCUT2D eigenvalue weighted by Gasteiger charge is -2.19. The van der Waals surface area contributed by atoms with Crippen LogP contribution in [0.4, 0.5) is 4.79 Å². The Balaban J connectivity index is 1.89. The van der Waals surface area contributed by atoms with Crippen molar-refractivity contribution in [3.63, 3.8) is 0 Å². The topological polar surface area (TPSA) is 70.1 Å². The van der Waals surface area contributed by atoms with E-state index in [0.29, 0.717) is 15.8 Å². The molecule has 1 aliphatic heterocycles. The van der Waals surface area contributed by atoms with Crippen molar-refractivity contribution in [1.29, 1.82) is 0 Å². The van der Waals surface area contributed by atoms with Gasteiger partial charge in [0, 0.05) is 12.1 Å². The number of hydrogen-bond acceptors (Lipinski definition) is 4. The average Bonchev–Trinajstić information content (AvgIpc) is 2.64. The molecule has 1 fully saturated rings. The molecule has 0 aromatic heterocycles. The normalized spacial score (nSPS) is 16.6. The number of benzene rings is 1. The molecule has 8 heteroatoms. The minimum Gasteiger partial charge on any atom is -0.489 e. The van der Waals surface area contributed by atoms with E-state index >= 15 is 0 Å². The van der Waals surface area contributed by atoms with Crippen LogP contribution in [0.1, 0.15) is 0 Å². The van der Waals surface area contributed by atoms with E-state index in [0.717, 1.165) is 4.90 Å². The molecule has 0 saturated carbocycles. The van der Waals surface area contributed by atoms with Gasteiger partial charge in [0.25, 0.3) is 0 Å². The zero-order valence-corrected chi connectivity index (χ0v) is 12.8.